The van der Waals surface area contributed by atoms with Crippen molar-refractivity contribution in [3.05, 3.63) is 23.3 Å². The quantitative estimate of drug-likeness (QED) is 0.664. The standard InChI is InChI=1S/C12H17NO2/c1-12-6-5-8(11(14)15-2)7-9(12)3-4-10(12)13/h3,7,10H,4-6,13H2,1-2H3/t10-,12-/m1/s1. The third-order valence-corrected chi connectivity index (χ3v) is 3.76. The average molecular weight is 207 g/mol. The minimum Gasteiger partial charge on any atom is -0.466 e. The van der Waals surface area contributed by atoms with Gasteiger partial charge in [-0.1, -0.05) is 13.0 Å². The minimum absolute atomic E-state index is 0.0670. The van der Waals surface area contributed by atoms with Crippen LogP contribution in [-0.4, -0.2) is 19.1 Å². The normalized spacial score (nSPS) is 34.2. The lowest BCUT2D eigenvalue weighted by atomic mass is 9.71. The number of fused-ring (bicyclic) bond motifs is 1. The molecule has 0 aromatic heterocycles. The lowest BCUT2D eigenvalue weighted by Crippen LogP contribution is -2.38. The lowest BCUT2D eigenvalue weighted by molar-refractivity contribution is -0.136. The van der Waals surface area contributed by atoms with Gasteiger partial charge >= 0.3 is 5.97 Å². The van der Waals surface area contributed by atoms with E-state index in [1.165, 1.54) is 12.7 Å². The largest absolute Gasteiger partial charge is 0.466 e. The molecule has 0 spiro atoms. The summed E-state index contributed by atoms with van der Waals surface area (Å²) in [7, 11) is 1.42. The molecule has 82 valence electrons. The van der Waals surface area contributed by atoms with Crippen molar-refractivity contribution in [1.82, 2.24) is 0 Å². The molecule has 2 rings (SSSR count). The first-order valence-electron chi connectivity index (χ1n) is 5.33. The first-order valence-corrected chi connectivity index (χ1v) is 5.33. The van der Waals surface area contributed by atoms with E-state index in [-0.39, 0.29) is 17.4 Å². The van der Waals surface area contributed by atoms with Crippen molar-refractivity contribution < 1.29 is 9.53 Å². The zero-order valence-corrected chi connectivity index (χ0v) is 9.25. The summed E-state index contributed by atoms with van der Waals surface area (Å²) in [5, 5.41) is 0. The summed E-state index contributed by atoms with van der Waals surface area (Å²) in [6, 6.07) is 0.197. The van der Waals surface area contributed by atoms with Gasteiger partial charge in [-0.2, -0.15) is 0 Å². The second kappa shape index (κ2) is 3.49. The van der Waals surface area contributed by atoms with Gasteiger partial charge in [0.2, 0.25) is 0 Å². The van der Waals surface area contributed by atoms with Gasteiger partial charge in [-0.05, 0) is 30.9 Å². The highest BCUT2D eigenvalue weighted by Crippen LogP contribution is 2.46. The van der Waals surface area contributed by atoms with Crippen LogP contribution in [-0.2, 0) is 9.53 Å². The molecule has 0 saturated carbocycles. The van der Waals surface area contributed by atoms with Crippen molar-refractivity contribution in [1.29, 1.82) is 0 Å². The second-order valence-corrected chi connectivity index (χ2v) is 4.58. The summed E-state index contributed by atoms with van der Waals surface area (Å²) in [5.41, 5.74) is 8.13. The Hall–Kier alpha value is -1.09. The topological polar surface area (TPSA) is 52.3 Å². The summed E-state index contributed by atoms with van der Waals surface area (Å²) in [5.74, 6) is -0.210. The van der Waals surface area contributed by atoms with Gasteiger partial charge in [0.25, 0.3) is 0 Å². The van der Waals surface area contributed by atoms with Gasteiger partial charge in [-0.25, -0.2) is 4.79 Å². The number of carbonyl (C=O) groups is 1. The van der Waals surface area contributed by atoms with Gasteiger partial charge in [0.1, 0.15) is 0 Å². The van der Waals surface area contributed by atoms with Crippen LogP contribution >= 0.6 is 0 Å². The van der Waals surface area contributed by atoms with Crippen LogP contribution in [0.4, 0.5) is 0 Å². The van der Waals surface area contributed by atoms with Crippen LogP contribution < -0.4 is 5.73 Å². The van der Waals surface area contributed by atoms with E-state index in [0.717, 1.165) is 24.8 Å². The number of nitrogens with two attached hydrogens (primary N) is 1. The first kappa shape index (κ1) is 10.4. The first-order chi connectivity index (χ1) is 7.08. The van der Waals surface area contributed by atoms with Gasteiger partial charge < -0.3 is 10.5 Å². The highest BCUT2D eigenvalue weighted by molar-refractivity contribution is 5.89. The molecule has 2 aliphatic carbocycles. The Morgan fingerprint density at radius 1 is 1.67 bits per heavy atom. The van der Waals surface area contributed by atoms with E-state index in [1.54, 1.807) is 0 Å². The fourth-order valence-electron chi connectivity index (χ4n) is 2.46. The number of methoxy groups -OCH3 is 1. The molecule has 0 heterocycles. The molecular weight excluding hydrogens is 190 g/mol. The van der Waals surface area contributed by atoms with E-state index in [0.29, 0.717) is 0 Å². The van der Waals surface area contributed by atoms with Crippen LogP contribution in [0.15, 0.2) is 23.3 Å². The highest BCUT2D eigenvalue weighted by atomic mass is 16.5. The van der Waals surface area contributed by atoms with Gasteiger partial charge in [0, 0.05) is 17.0 Å². The zero-order valence-electron chi connectivity index (χ0n) is 9.25. The van der Waals surface area contributed by atoms with E-state index in [9.17, 15) is 4.79 Å². The van der Waals surface area contributed by atoms with Crippen LogP contribution in [0.5, 0.6) is 0 Å². The third-order valence-electron chi connectivity index (χ3n) is 3.76. The van der Waals surface area contributed by atoms with Crippen molar-refractivity contribution >= 4 is 5.97 Å². The van der Waals surface area contributed by atoms with Crippen molar-refractivity contribution in [2.45, 2.75) is 32.2 Å². The van der Waals surface area contributed by atoms with E-state index in [2.05, 4.69) is 13.0 Å². The predicted molar refractivity (Wildman–Crippen MR) is 58.1 cm³/mol. The van der Waals surface area contributed by atoms with Crippen molar-refractivity contribution in [3.8, 4) is 0 Å². The fourth-order valence-corrected chi connectivity index (χ4v) is 2.46. The molecule has 0 saturated heterocycles. The molecule has 0 aromatic carbocycles. The number of carbonyl (C=O) groups excluding carboxylic acids is 1. The molecule has 0 bridgehead atoms. The highest BCUT2D eigenvalue weighted by Gasteiger charge is 2.41. The van der Waals surface area contributed by atoms with Gasteiger partial charge in [-0.3, -0.25) is 0 Å². The van der Waals surface area contributed by atoms with Crippen LogP contribution in [0.3, 0.4) is 0 Å². The molecule has 2 aliphatic rings. The zero-order chi connectivity index (χ0) is 11.1. The maximum atomic E-state index is 11.4. The Kier molecular flexibility index (Phi) is 2.43. The van der Waals surface area contributed by atoms with Crippen molar-refractivity contribution in [2.24, 2.45) is 11.1 Å². The molecule has 0 fully saturated rings. The molecule has 0 amide bonds. The molecule has 0 unspecified atom stereocenters. The van der Waals surface area contributed by atoms with Crippen LogP contribution in [0.2, 0.25) is 0 Å². The number of hydrogen-bond acceptors (Lipinski definition) is 3. The molecule has 3 heteroatoms. The molecule has 2 atom stereocenters. The molecule has 15 heavy (non-hydrogen) atoms. The number of hydrogen-bond donors (Lipinski definition) is 1. The Morgan fingerprint density at radius 2 is 2.40 bits per heavy atom. The number of esters is 1. The Balaban J connectivity index is 2.28. The summed E-state index contributed by atoms with van der Waals surface area (Å²) < 4.78 is 4.73. The summed E-state index contributed by atoms with van der Waals surface area (Å²) in [6.45, 7) is 2.18. The molecule has 0 aliphatic heterocycles. The van der Waals surface area contributed by atoms with Gasteiger partial charge in [0.05, 0.1) is 7.11 Å². The van der Waals surface area contributed by atoms with E-state index < -0.39 is 0 Å². The summed E-state index contributed by atoms with van der Waals surface area (Å²) in [6.07, 6.45) is 6.74. The number of ether oxygens (including phenoxy) is 1. The second-order valence-electron chi connectivity index (χ2n) is 4.58. The monoisotopic (exact) mass is 207 g/mol. The Labute approximate surface area is 90.0 Å². The average Bonchev–Trinajstić information content (AvgIpc) is 2.54. The lowest BCUT2D eigenvalue weighted by Gasteiger charge is -2.35. The van der Waals surface area contributed by atoms with Crippen molar-refractivity contribution in [2.75, 3.05) is 7.11 Å². The van der Waals surface area contributed by atoms with Crippen LogP contribution in [0.25, 0.3) is 0 Å². The fraction of sp³-hybridized carbons (Fsp3) is 0.583. The predicted octanol–water partition coefficient (Wildman–Crippen LogP) is 1.54. The molecule has 3 nitrogen and oxygen atoms in total. The maximum absolute atomic E-state index is 11.4. The van der Waals surface area contributed by atoms with E-state index in [1.807, 2.05) is 6.08 Å². The third kappa shape index (κ3) is 1.51. The smallest absolute Gasteiger partial charge is 0.333 e. The number of allylic oxidation sites excluding steroid dienone is 1. The minimum atomic E-state index is -0.210. The Morgan fingerprint density at radius 3 is 3.07 bits per heavy atom. The van der Waals surface area contributed by atoms with Crippen molar-refractivity contribution in [3.63, 3.8) is 0 Å². The molecule has 2 N–H and O–H groups in total. The van der Waals surface area contributed by atoms with E-state index >= 15 is 0 Å². The molecule has 0 radical (unpaired) electrons. The molecular formula is C12H17NO2. The maximum Gasteiger partial charge on any atom is 0.333 e. The van der Waals surface area contributed by atoms with E-state index in [4.69, 9.17) is 10.5 Å². The molecule has 0 aromatic rings. The van der Waals surface area contributed by atoms with Gasteiger partial charge in [-0.15, -0.1) is 0 Å². The SMILES string of the molecule is COC(=O)C1=CC2=CC[C@@H](N)[C@]2(C)CC1. The number of rotatable bonds is 1. The van der Waals surface area contributed by atoms with Crippen LogP contribution in [0, 0.1) is 5.41 Å². The summed E-state index contributed by atoms with van der Waals surface area (Å²) >= 11 is 0. The van der Waals surface area contributed by atoms with Crippen LogP contribution in [0.1, 0.15) is 26.2 Å². The van der Waals surface area contributed by atoms with Gasteiger partial charge in [0.15, 0.2) is 0 Å². The summed E-state index contributed by atoms with van der Waals surface area (Å²) in [4.78, 5) is 11.4. The Bertz CT molecular complexity index is 357.